The number of benzene rings is 3. The van der Waals surface area contributed by atoms with Crippen LogP contribution in [0.4, 0.5) is 22.7 Å². The smallest absolute Gasteiger partial charge is 0.310 e. The summed E-state index contributed by atoms with van der Waals surface area (Å²) in [5.41, 5.74) is 4.21. The van der Waals surface area contributed by atoms with Gasteiger partial charge >= 0.3 is 5.69 Å². The third-order valence-electron chi connectivity index (χ3n) is 6.29. The van der Waals surface area contributed by atoms with Gasteiger partial charge in [-0.3, -0.25) is 19.7 Å². The maximum absolute atomic E-state index is 13.0. The Morgan fingerprint density at radius 2 is 1.76 bits per heavy atom. The van der Waals surface area contributed by atoms with Crippen LogP contribution in [0.5, 0.6) is 5.75 Å². The number of aliphatic hydroxyl groups is 1. The molecule has 4 rings (SSSR count). The summed E-state index contributed by atoms with van der Waals surface area (Å²) in [5, 5.41) is 29.7. The molecule has 1 atom stereocenters. The predicted molar refractivity (Wildman–Crippen MR) is 140 cm³/mol. The van der Waals surface area contributed by atoms with Gasteiger partial charge in [-0.05, 0) is 59.0 Å². The van der Waals surface area contributed by atoms with Crippen LogP contribution in [0.15, 0.2) is 54.6 Å². The monoisotopic (exact) mass is 504 g/mol. The number of ether oxygens (including phenoxy) is 1. The number of nitro groups is 1. The number of rotatable bonds is 8. The number of amides is 2. The molecule has 0 radical (unpaired) electrons. The van der Waals surface area contributed by atoms with E-state index in [4.69, 9.17) is 4.74 Å². The molecular formula is C27H28N4O6. The fraction of sp³-hybridized carbons (Fsp3) is 0.259. The molecule has 3 aromatic carbocycles. The molecule has 1 heterocycles. The van der Waals surface area contributed by atoms with Crippen LogP contribution in [0, 0.1) is 16.0 Å². The second-order valence-electron chi connectivity index (χ2n) is 9.14. The molecule has 0 unspecified atom stereocenters. The highest BCUT2D eigenvalue weighted by Gasteiger charge is 2.22. The van der Waals surface area contributed by atoms with E-state index in [1.165, 1.54) is 13.2 Å². The van der Waals surface area contributed by atoms with Crippen molar-refractivity contribution in [1.29, 1.82) is 0 Å². The number of nitrogens with one attached hydrogen (secondary N) is 3. The molecule has 0 fully saturated rings. The van der Waals surface area contributed by atoms with Crippen molar-refractivity contribution in [3.8, 4) is 16.9 Å². The summed E-state index contributed by atoms with van der Waals surface area (Å²) >= 11 is 0. The number of carbonyl (C=O) groups excluding carboxylic acids is 2. The van der Waals surface area contributed by atoms with E-state index >= 15 is 0 Å². The average Bonchev–Trinajstić information content (AvgIpc) is 3.01. The van der Waals surface area contributed by atoms with E-state index in [0.717, 1.165) is 5.56 Å². The molecular weight excluding hydrogens is 476 g/mol. The van der Waals surface area contributed by atoms with Gasteiger partial charge in [-0.25, -0.2) is 0 Å². The van der Waals surface area contributed by atoms with Crippen LogP contribution >= 0.6 is 0 Å². The summed E-state index contributed by atoms with van der Waals surface area (Å²) in [4.78, 5) is 36.2. The number of methoxy groups -OCH3 is 1. The molecule has 10 heteroatoms. The van der Waals surface area contributed by atoms with Crippen molar-refractivity contribution in [3.63, 3.8) is 0 Å². The summed E-state index contributed by atoms with van der Waals surface area (Å²) in [5.74, 6) is -0.286. The summed E-state index contributed by atoms with van der Waals surface area (Å²) in [6, 6.07) is 14.9. The minimum atomic E-state index is -0.504. The van der Waals surface area contributed by atoms with Crippen molar-refractivity contribution in [1.82, 2.24) is 5.32 Å². The summed E-state index contributed by atoms with van der Waals surface area (Å²) < 4.78 is 5.18. The molecule has 0 spiro atoms. The third-order valence-corrected chi connectivity index (χ3v) is 6.29. The molecule has 0 aromatic heterocycles. The minimum absolute atomic E-state index is 0.0972. The van der Waals surface area contributed by atoms with Crippen LogP contribution in [0.3, 0.4) is 0 Å². The van der Waals surface area contributed by atoms with E-state index < -0.39 is 4.92 Å². The maximum Gasteiger partial charge on any atom is 0.310 e. The van der Waals surface area contributed by atoms with Crippen LogP contribution in [0.25, 0.3) is 11.1 Å². The van der Waals surface area contributed by atoms with Crippen LogP contribution in [0.1, 0.15) is 29.8 Å². The molecule has 0 aliphatic carbocycles. The van der Waals surface area contributed by atoms with Crippen molar-refractivity contribution >= 4 is 34.6 Å². The van der Waals surface area contributed by atoms with Gasteiger partial charge in [0.25, 0.3) is 5.91 Å². The number of carbonyl (C=O) groups is 2. The molecule has 4 N–H and O–H groups in total. The molecule has 0 saturated heterocycles. The Morgan fingerprint density at radius 3 is 2.43 bits per heavy atom. The van der Waals surface area contributed by atoms with Gasteiger partial charge in [0.05, 0.1) is 53.7 Å². The quantitative estimate of drug-likeness (QED) is 0.265. The summed E-state index contributed by atoms with van der Waals surface area (Å²) in [6.07, 6.45) is 0.103. The largest absolute Gasteiger partial charge is 0.490 e. The molecule has 10 nitrogen and oxygen atoms in total. The first-order valence-corrected chi connectivity index (χ1v) is 11.8. The Bertz CT molecular complexity index is 1370. The average molecular weight is 505 g/mol. The number of hydrogen-bond donors (Lipinski definition) is 4. The Hall–Kier alpha value is -4.44. The number of anilines is 3. The number of fused-ring (bicyclic) bond motifs is 2. The van der Waals surface area contributed by atoms with E-state index in [-0.39, 0.29) is 48.2 Å². The summed E-state index contributed by atoms with van der Waals surface area (Å²) in [6.45, 7) is 3.71. The zero-order valence-corrected chi connectivity index (χ0v) is 20.7. The Labute approximate surface area is 213 Å². The Morgan fingerprint density at radius 1 is 1.03 bits per heavy atom. The van der Waals surface area contributed by atoms with Gasteiger partial charge in [-0.2, -0.15) is 0 Å². The first kappa shape index (κ1) is 25.6. The second-order valence-corrected chi connectivity index (χ2v) is 9.14. The van der Waals surface area contributed by atoms with E-state index in [1.54, 1.807) is 48.5 Å². The Kier molecular flexibility index (Phi) is 7.40. The molecule has 0 saturated carbocycles. The van der Waals surface area contributed by atoms with E-state index in [0.29, 0.717) is 33.8 Å². The third kappa shape index (κ3) is 5.54. The topological polar surface area (TPSA) is 143 Å². The van der Waals surface area contributed by atoms with Gasteiger partial charge in [0.1, 0.15) is 0 Å². The molecule has 2 amide bonds. The fourth-order valence-electron chi connectivity index (χ4n) is 4.15. The number of nitro benzene ring substituents is 1. The molecule has 3 aromatic rings. The molecule has 1 aliphatic heterocycles. The molecule has 37 heavy (non-hydrogen) atoms. The van der Waals surface area contributed by atoms with Gasteiger partial charge in [0.15, 0.2) is 5.75 Å². The SMILES string of the molecule is COc1cc(-c2ccc3c(c2)Nc2ccc(CC(=O)N[C@H](CO)C(C)C)cc2NC3=O)ccc1[N+](=O)[O-]. The highest BCUT2D eigenvalue weighted by molar-refractivity contribution is 6.12. The van der Waals surface area contributed by atoms with Crippen LogP contribution < -0.4 is 20.7 Å². The van der Waals surface area contributed by atoms with E-state index in [1.807, 2.05) is 13.8 Å². The first-order valence-electron chi connectivity index (χ1n) is 11.8. The maximum atomic E-state index is 13.0. The standard InChI is InChI=1S/C27H28N4O6/c1-15(2)23(14-32)29-26(33)11-16-4-8-20-22(10-16)30-27(34)19-7-5-17(12-21(19)28-20)18-6-9-24(31(35)36)25(13-18)37-3/h4-10,12-13,15,23,28,32H,11,14H2,1-3H3,(H,29,33)(H,30,34)/t23-/m1/s1. The van der Waals surface area contributed by atoms with Gasteiger partial charge in [-0.1, -0.05) is 26.0 Å². The zero-order valence-electron chi connectivity index (χ0n) is 20.7. The van der Waals surface area contributed by atoms with Crippen LogP contribution in [-0.2, 0) is 11.2 Å². The molecule has 0 bridgehead atoms. The van der Waals surface area contributed by atoms with Crippen molar-refractivity contribution in [2.45, 2.75) is 26.3 Å². The molecule has 1 aliphatic rings. The van der Waals surface area contributed by atoms with Gasteiger partial charge in [0, 0.05) is 6.07 Å². The van der Waals surface area contributed by atoms with Crippen molar-refractivity contribution in [2.75, 3.05) is 24.4 Å². The normalized spacial score (nSPS) is 12.9. The predicted octanol–water partition coefficient (Wildman–Crippen LogP) is 4.26. The lowest BCUT2D eigenvalue weighted by molar-refractivity contribution is -0.385. The van der Waals surface area contributed by atoms with Gasteiger partial charge in [0.2, 0.25) is 5.91 Å². The lowest BCUT2D eigenvalue weighted by Gasteiger charge is -2.20. The van der Waals surface area contributed by atoms with E-state index in [9.17, 15) is 24.8 Å². The van der Waals surface area contributed by atoms with Crippen LogP contribution in [0.2, 0.25) is 0 Å². The van der Waals surface area contributed by atoms with Gasteiger partial charge < -0.3 is 25.8 Å². The summed E-state index contributed by atoms with van der Waals surface area (Å²) in [7, 11) is 1.37. The highest BCUT2D eigenvalue weighted by atomic mass is 16.6. The zero-order chi connectivity index (χ0) is 26.7. The second kappa shape index (κ2) is 10.7. The number of aliphatic hydroxyl groups excluding tert-OH is 1. The molecule has 192 valence electrons. The van der Waals surface area contributed by atoms with E-state index in [2.05, 4.69) is 16.0 Å². The van der Waals surface area contributed by atoms with Crippen molar-refractivity contribution in [3.05, 3.63) is 75.8 Å². The van der Waals surface area contributed by atoms with Crippen molar-refractivity contribution < 1.29 is 24.4 Å². The van der Waals surface area contributed by atoms with Crippen molar-refractivity contribution in [2.24, 2.45) is 5.92 Å². The van der Waals surface area contributed by atoms with Gasteiger partial charge in [-0.15, -0.1) is 0 Å². The number of nitrogens with zero attached hydrogens (tertiary/aromatic N) is 1. The highest BCUT2D eigenvalue weighted by Crippen LogP contribution is 2.37. The fourth-order valence-corrected chi connectivity index (χ4v) is 4.15. The lowest BCUT2D eigenvalue weighted by Crippen LogP contribution is -2.41. The lowest BCUT2D eigenvalue weighted by atomic mass is 10.0. The number of hydrogen-bond acceptors (Lipinski definition) is 7. The Balaban J connectivity index is 1.59. The van der Waals surface area contributed by atoms with Crippen LogP contribution in [-0.4, -0.2) is 41.6 Å². The minimum Gasteiger partial charge on any atom is -0.490 e. The first-order chi connectivity index (χ1) is 17.7.